The summed E-state index contributed by atoms with van der Waals surface area (Å²) in [6.45, 7) is 1.81. The molecule has 0 radical (unpaired) electrons. The molecule has 2 rings (SSSR count). The van der Waals surface area contributed by atoms with Crippen LogP contribution in [0.1, 0.15) is 12.5 Å². The number of rotatable bonds is 4. The first-order valence-corrected chi connectivity index (χ1v) is 7.31. The van der Waals surface area contributed by atoms with Crippen molar-refractivity contribution in [2.75, 3.05) is 5.32 Å². The number of nitrogens with one attached hydrogen (secondary N) is 2. The average molecular weight is 343 g/mol. The second-order valence-corrected chi connectivity index (χ2v) is 5.45. The number of thiazole rings is 1. The van der Waals surface area contributed by atoms with Gasteiger partial charge in [0.25, 0.3) is 0 Å². The van der Waals surface area contributed by atoms with Crippen LogP contribution < -0.4 is 10.6 Å². The number of alkyl halides is 3. The second kappa shape index (κ2) is 6.78. The summed E-state index contributed by atoms with van der Waals surface area (Å²) in [5, 5.41) is 5.80. The van der Waals surface area contributed by atoms with E-state index in [1.807, 2.05) is 0 Å². The maximum absolute atomic E-state index is 12.2. The van der Waals surface area contributed by atoms with Crippen molar-refractivity contribution >= 4 is 28.3 Å². The molecule has 1 aromatic heterocycles. The van der Waals surface area contributed by atoms with Gasteiger partial charge in [0.15, 0.2) is 5.13 Å². The number of anilines is 1. The Labute approximate surface area is 133 Å². The molecule has 9 heteroatoms. The lowest BCUT2D eigenvalue weighted by Gasteiger charge is -2.04. The van der Waals surface area contributed by atoms with E-state index in [0.717, 1.165) is 16.9 Å². The normalized spacial score (nSPS) is 11.1. The van der Waals surface area contributed by atoms with E-state index in [1.165, 1.54) is 6.92 Å². The summed E-state index contributed by atoms with van der Waals surface area (Å²) < 4.78 is 36.5. The molecule has 122 valence electrons. The molecular formula is C14H12F3N3O2S. The van der Waals surface area contributed by atoms with E-state index in [9.17, 15) is 22.8 Å². The number of halogens is 3. The predicted molar refractivity (Wildman–Crippen MR) is 79.8 cm³/mol. The Kier molecular flexibility index (Phi) is 4.99. The molecule has 0 saturated carbocycles. The van der Waals surface area contributed by atoms with E-state index in [2.05, 4.69) is 10.3 Å². The molecule has 0 aliphatic carbocycles. The molecule has 0 unspecified atom stereocenters. The maximum atomic E-state index is 12.2. The van der Waals surface area contributed by atoms with Crippen molar-refractivity contribution in [2.24, 2.45) is 0 Å². The molecule has 0 aliphatic rings. The highest BCUT2D eigenvalue weighted by Gasteiger charge is 2.39. The van der Waals surface area contributed by atoms with Crippen molar-refractivity contribution in [3.8, 4) is 11.3 Å². The highest BCUT2D eigenvalue weighted by Crippen LogP contribution is 2.26. The topological polar surface area (TPSA) is 71.1 Å². The van der Waals surface area contributed by atoms with Gasteiger partial charge in [-0.1, -0.05) is 24.3 Å². The molecule has 2 aromatic rings. The Hall–Kier alpha value is -2.42. The van der Waals surface area contributed by atoms with E-state index >= 15 is 0 Å². The van der Waals surface area contributed by atoms with Crippen LogP contribution >= 0.6 is 11.3 Å². The second-order valence-electron chi connectivity index (χ2n) is 4.60. The number of hydrogen-bond donors (Lipinski definition) is 2. The maximum Gasteiger partial charge on any atom is 0.471 e. The molecule has 5 nitrogen and oxygen atoms in total. The number of benzene rings is 1. The minimum absolute atomic E-state index is 0.121. The Balaban J connectivity index is 2.05. The summed E-state index contributed by atoms with van der Waals surface area (Å²) in [5.74, 6) is -2.19. The molecule has 0 bridgehead atoms. The van der Waals surface area contributed by atoms with Crippen molar-refractivity contribution in [2.45, 2.75) is 19.6 Å². The van der Waals surface area contributed by atoms with Crippen LogP contribution in [0.2, 0.25) is 0 Å². The zero-order valence-corrected chi connectivity index (χ0v) is 12.7. The van der Waals surface area contributed by atoms with Gasteiger partial charge in [0.2, 0.25) is 5.91 Å². The van der Waals surface area contributed by atoms with Gasteiger partial charge >= 0.3 is 12.1 Å². The lowest BCUT2D eigenvalue weighted by atomic mass is 10.1. The van der Waals surface area contributed by atoms with E-state index in [1.54, 1.807) is 35.0 Å². The van der Waals surface area contributed by atoms with Gasteiger partial charge in [-0.2, -0.15) is 13.2 Å². The summed E-state index contributed by atoms with van der Waals surface area (Å²) in [4.78, 5) is 25.6. The average Bonchev–Trinajstić information content (AvgIpc) is 2.93. The Morgan fingerprint density at radius 2 is 1.87 bits per heavy atom. The van der Waals surface area contributed by atoms with Crippen LogP contribution in [0.15, 0.2) is 29.6 Å². The largest absolute Gasteiger partial charge is 0.471 e. The van der Waals surface area contributed by atoms with E-state index in [0.29, 0.717) is 17.8 Å². The van der Waals surface area contributed by atoms with Crippen LogP contribution in [0, 0.1) is 0 Å². The highest BCUT2D eigenvalue weighted by atomic mass is 32.1. The third-order valence-corrected chi connectivity index (χ3v) is 3.53. The number of hydrogen-bond acceptors (Lipinski definition) is 4. The minimum Gasteiger partial charge on any atom is -0.352 e. The monoisotopic (exact) mass is 343 g/mol. The van der Waals surface area contributed by atoms with Gasteiger partial charge in [-0.3, -0.25) is 14.9 Å². The molecule has 2 N–H and O–H groups in total. The van der Waals surface area contributed by atoms with Crippen LogP contribution in [0.5, 0.6) is 0 Å². The number of nitrogens with zero attached hydrogens (tertiary/aromatic N) is 1. The first kappa shape index (κ1) is 16.9. The first-order valence-electron chi connectivity index (χ1n) is 6.43. The lowest BCUT2D eigenvalue weighted by molar-refractivity contribution is -0.167. The number of aromatic nitrogens is 1. The van der Waals surface area contributed by atoms with Gasteiger partial charge < -0.3 is 5.32 Å². The summed E-state index contributed by atoms with van der Waals surface area (Å²) >= 11 is 0.907. The molecule has 2 amide bonds. The number of carbonyl (C=O) groups excluding carboxylic acids is 2. The SMILES string of the molecule is CC(=O)NCc1ccc(-c2csc(NC(=O)C(F)(F)F)n2)cc1. The van der Waals surface area contributed by atoms with E-state index in [4.69, 9.17) is 0 Å². The summed E-state index contributed by atoms with van der Waals surface area (Å²) in [7, 11) is 0. The highest BCUT2D eigenvalue weighted by molar-refractivity contribution is 7.14. The third-order valence-electron chi connectivity index (χ3n) is 2.77. The summed E-state index contributed by atoms with van der Waals surface area (Å²) in [6.07, 6.45) is -4.95. The fourth-order valence-corrected chi connectivity index (χ4v) is 2.37. The molecular weight excluding hydrogens is 331 g/mol. The predicted octanol–water partition coefficient (Wildman–Crippen LogP) is 2.95. The van der Waals surface area contributed by atoms with Gasteiger partial charge in [0.1, 0.15) is 0 Å². The van der Waals surface area contributed by atoms with E-state index in [-0.39, 0.29) is 11.0 Å². The van der Waals surface area contributed by atoms with E-state index < -0.39 is 12.1 Å². The minimum atomic E-state index is -4.95. The Bertz CT molecular complexity index is 711. The van der Waals surface area contributed by atoms with Crippen molar-refractivity contribution in [1.29, 1.82) is 0 Å². The van der Waals surface area contributed by atoms with Crippen LogP contribution in [-0.4, -0.2) is 23.0 Å². The van der Waals surface area contributed by atoms with Crippen molar-refractivity contribution in [1.82, 2.24) is 10.3 Å². The number of carbonyl (C=O) groups is 2. The Morgan fingerprint density at radius 3 is 2.43 bits per heavy atom. The van der Waals surface area contributed by atoms with Crippen LogP contribution in [0.3, 0.4) is 0 Å². The fraction of sp³-hybridized carbons (Fsp3) is 0.214. The van der Waals surface area contributed by atoms with Crippen LogP contribution in [0.4, 0.5) is 18.3 Å². The number of amides is 2. The Morgan fingerprint density at radius 1 is 1.22 bits per heavy atom. The zero-order valence-electron chi connectivity index (χ0n) is 11.9. The molecule has 0 fully saturated rings. The quantitative estimate of drug-likeness (QED) is 0.897. The molecule has 0 atom stereocenters. The van der Waals surface area contributed by atoms with Gasteiger partial charge in [-0.15, -0.1) is 11.3 Å². The molecule has 1 heterocycles. The lowest BCUT2D eigenvalue weighted by Crippen LogP contribution is -2.29. The fourth-order valence-electron chi connectivity index (χ4n) is 1.65. The van der Waals surface area contributed by atoms with Gasteiger partial charge in [0.05, 0.1) is 5.69 Å². The van der Waals surface area contributed by atoms with Crippen LogP contribution in [0.25, 0.3) is 11.3 Å². The molecule has 0 spiro atoms. The van der Waals surface area contributed by atoms with Crippen molar-refractivity contribution < 1.29 is 22.8 Å². The smallest absolute Gasteiger partial charge is 0.352 e. The summed E-state index contributed by atoms with van der Waals surface area (Å²) in [5.41, 5.74) is 2.03. The molecule has 23 heavy (non-hydrogen) atoms. The third kappa shape index (κ3) is 4.78. The van der Waals surface area contributed by atoms with Crippen LogP contribution in [-0.2, 0) is 16.1 Å². The van der Waals surface area contributed by atoms with Crippen molar-refractivity contribution in [3.63, 3.8) is 0 Å². The first-order chi connectivity index (χ1) is 10.8. The van der Waals surface area contributed by atoms with Gasteiger partial charge in [0, 0.05) is 24.4 Å². The molecule has 0 aliphatic heterocycles. The zero-order chi connectivity index (χ0) is 17.0. The summed E-state index contributed by atoms with van der Waals surface area (Å²) in [6, 6.07) is 7.03. The van der Waals surface area contributed by atoms with Gasteiger partial charge in [-0.05, 0) is 5.56 Å². The molecule has 0 saturated heterocycles. The molecule has 1 aromatic carbocycles. The van der Waals surface area contributed by atoms with Crippen molar-refractivity contribution in [3.05, 3.63) is 35.2 Å². The van der Waals surface area contributed by atoms with Gasteiger partial charge in [-0.25, -0.2) is 4.98 Å². The standard InChI is InChI=1S/C14H12F3N3O2S/c1-8(21)18-6-9-2-4-10(5-3-9)11-7-23-13(19-11)20-12(22)14(15,16)17/h2-5,7H,6H2,1H3,(H,18,21)(H,19,20,22).